The third kappa shape index (κ3) is 3.08. The number of aromatic nitrogens is 1. The van der Waals surface area contributed by atoms with E-state index in [1.165, 1.54) is 16.5 Å². The smallest absolute Gasteiger partial charge is 0.129 e. The fourth-order valence-corrected chi connectivity index (χ4v) is 2.70. The number of benzene rings is 1. The van der Waals surface area contributed by atoms with Gasteiger partial charge in [0.2, 0.25) is 0 Å². The van der Waals surface area contributed by atoms with Crippen LogP contribution in [0.25, 0.3) is 10.9 Å². The standard InChI is InChI=1S/C16H21BrN2/c1-4-6-12-10-13-14(17)8-7-11(3)15(13)19-16(12)18-9-5-2/h7-8,10H,4-6,9H2,1-3H3,(H,18,19). The van der Waals surface area contributed by atoms with Crippen LogP contribution < -0.4 is 5.32 Å². The van der Waals surface area contributed by atoms with Crippen molar-refractivity contribution in [3.63, 3.8) is 0 Å². The van der Waals surface area contributed by atoms with Gasteiger partial charge >= 0.3 is 0 Å². The minimum absolute atomic E-state index is 0.974. The van der Waals surface area contributed by atoms with Crippen molar-refractivity contribution in [3.05, 3.63) is 33.8 Å². The summed E-state index contributed by atoms with van der Waals surface area (Å²) in [6, 6.07) is 6.50. The quantitative estimate of drug-likeness (QED) is 0.830. The molecule has 0 amide bonds. The van der Waals surface area contributed by atoms with Gasteiger partial charge in [0.1, 0.15) is 5.82 Å². The zero-order valence-corrected chi connectivity index (χ0v) is 13.5. The van der Waals surface area contributed by atoms with Crippen LogP contribution in [0.3, 0.4) is 0 Å². The second-order valence-electron chi connectivity index (χ2n) is 4.93. The summed E-state index contributed by atoms with van der Waals surface area (Å²) in [6.07, 6.45) is 3.32. The van der Waals surface area contributed by atoms with E-state index in [9.17, 15) is 0 Å². The average molecular weight is 321 g/mol. The molecule has 0 saturated carbocycles. The van der Waals surface area contributed by atoms with Gasteiger partial charge in [-0.1, -0.05) is 42.3 Å². The zero-order chi connectivity index (χ0) is 13.8. The van der Waals surface area contributed by atoms with Crippen LogP contribution in [0.4, 0.5) is 5.82 Å². The molecule has 0 atom stereocenters. The third-order valence-electron chi connectivity index (χ3n) is 3.27. The molecular formula is C16H21BrN2. The summed E-state index contributed by atoms with van der Waals surface area (Å²) < 4.78 is 1.12. The molecule has 3 heteroatoms. The maximum Gasteiger partial charge on any atom is 0.129 e. The minimum atomic E-state index is 0.974. The lowest BCUT2D eigenvalue weighted by Gasteiger charge is -2.13. The summed E-state index contributed by atoms with van der Waals surface area (Å²) in [6.45, 7) is 7.47. The largest absolute Gasteiger partial charge is 0.370 e. The van der Waals surface area contributed by atoms with Crippen molar-refractivity contribution < 1.29 is 0 Å². The van der Waals surface area contributed by atoms with Crippen LogP contribution in [0.15, 0.2) is 22.7 Å². The number of hydrogen-bond acceptors (Lipinski definition) is 2. The first kappa shape index (κ1) is 14.3. The topological polar surface area (TPSA) is 24.9 Å². The lowest BCUT2D eigenvalue weighted by Crippen LogP contribution is -2.06. The van der Waals surface area contributed by atoms with Gasteiger partial charge in [-0.3, -0.25) is 0 Å². The molecule has 0 aliphatic carbocycles. The monoisotopic (exact) mass is 320 g/mol. The van der Waals surface area contributed by atoms with E-state index >= 15 is 0 Å². The third-order valence-corrected chi connectivity index (χ3v) is 3.97. The molecule has 1 N–H and O–H groups in total. The predicted octanol–water partition coefficient (Wildman–Crippen LogP) is 5.08. The number of nitrogens with zero attached hydrogens (tertiary/aromatic N) is 1. The van der Waals surface area contributed by atoms with Gasteiger partial charge in [-0.05, 0) is 43.0 Å². The molecule has 2 aromatic rings. The van der Waals surface area contributed by atoms with E-state index in [-0.39, 0.29) is 0 Å². The maximum absolute atomic E-state index is 4.85. The highest BCUT2D eigenvalue weighted by molar-refractivity contribution is 9.10. The molecule has 19 heavy (non-hydrogen) atoms. The molecule has 0 spiro atoms. The number of aryl methyl sites for hydroxylation is 2. The lowest BCUT2D eigenvalue weighted by atomic mass is 10.1. The van der Waals surface area contributed by atoms with Crippen LogP contribution in [0.1, 0.15) is 37.8 Å². The van der Waals surface area contributed by atoms with E-state index in [1.807, 2.05) is 0 Å². The molecule has 0 aliphatic rings. The summed E-state index contributed by atoms with van der Waals surface area (Å²) in [5.74, 6) is 1.05. The second kappa shape index (κ2) is 6.38. The van der Waals surface area contributed by atoms with Crippen molar-refractivity contribution in [2.45, 2.75) is 40.0 Å². The second-order valence-corrected chi connectivity index (χ2v) is 5.79. The van der Waals surface area contributed by atoms with E-state index in [4.69, 9.17) is 4.98 Å². The van der Waals surface area contributed by atoms with Crippen molar-refractivity contribution in [3.8, 4) is 0 Å². The Morgan fingerprint density at radius 3 is 2.68 bits per heavy atom. The van der Waals surface area contributed by atoms with Crippen molar-refractivity contribution in [1.29, 1.82) is 0 Å². The molecule has 2 nitrogen and oxygen atoms in total. The van der Waals surface area contributed by atoms with E-state index < -0.39 is 0 Å². The summed E-state index contributed by atoms with van der Waals surface area (Å²) in [7, 11) is 0. The van der Waals surface area contributed by atoms with E-state index in [0.29, 0.717) is 0 Å². The molecule has 102 valence electrons. The molecule has 0 saturated heterocycles. The van der Waals surface area contributed by atoms with Crippen molar-refractivity contribution in [2.24, 2.45) is 0 Å². The van der Waals surface area contributed by atoms with Gasteiger partial charge in [0.05, 0.1) is 5.52 Å². The van der Waals surface area contributed by atoms with E-state index in [2.05, 4.69) is 60.2 Å². The first-order valence-corrected chi connectivity index (χ1v) is 7.79. The van der Waals surface area contributed by atoms with Crippen LogP contribution in [-0.4, -0.2) is 11.5 Å². The minimum Gasteiger partial charge on any atom is -0.370 e. The Balaban J connectivity index is 2.58. The first-order chi connectivity index (χ1) is 9.17. The molecule has 0 bridgehead atoms. The molecule has 1 heterocycles. The Labute approximate surface area is 123 Å². The summed E-state index contributed by atoms with van der Waals surface area (Å²) >= 11 is 3.63. The predicted molar refractivity (Wildman–Crippen MR) is 87.0 cm³/mol. The molecule has 2 rings (SSSR count). The van der Waals surface area contributed by atoms with Crippen LogP contribution in [-0.2, 0) is 6.42 Å². The number of halogens is 1. The SMILES string of the molecule is CCCNc1nc2c(C)ccc(Br)c2cc1CCC. The number of pyridine rings is 1. The Kier molecular flexibility index (Phi) is 4.81. The summed E-state index contributed by atoms with van der Waals surface area (Å²) in [4.78, 5) is 4.85. The van der Waals surface area contributed by atoms with E-state index in [1.54, 1.807) is 0 Å². The Bertz CT molecular complexity index is 578. The molecule has 0 fully saturated rings. The average Bonchev–Trinajstić information content (AvgIpc) is 2.41. The Morgan fingerprint density at radius 1 is 1.21 bits per heavy atom. The van der Waals surface area contributed by atoms with Gasteiger partial charge in [-0.25, -0.2) is 4.98 Å². The van der Waals surface area contributed by atoms with Gasteiger partial charge in [0.15, 0.2) is 0 Å². The number of fused-ring (bicyclic) bond motifs is 1. The summed E-state index contributed by atoms with van der Waals surface area (Å²) in [5.41, 5.74) is 3.63. The normalized spacial score (nSPS) is 10.9. The van der Waals surface area contributed by atoms with Crippen molar-refractivity contribution in [1.82, 2.24) is 4.98 Å². The van der Waals surface area contributed by atoms with Crippen LogP contribution in [0.5, 0.6) is 0 Å². The van der Waals surface area contributed by atoms with Gasteiger partial charge in [0.25, 0.3) is 0 Å². The zero-order valence-electron chi connectivity index (χ0n) is 11.9. The molecule has 0 aliphatic heterocycles. The molecule has 0 unspecified atom stereocenters. The first-order valence-electron chi connectivity index (χ1n) is 7.00. The van der Waals surface area contributed by atoms with Crippen LogP contribution >= 0.6 is 15.9 Å². The van der Waals surface area contributed by atoms with Gasteiger partial charge < -0.3 is 5.32 Å². The van der Waals surface area contributed by atoms with Gasteiger partial charge in [-0.2, -0.15) is 0 Å². The molecule has 0 radical (unpaired) electrons. The lowest BCUT2D eigenvalue weighted by molar-refractivity contribution is 0.906. The maximum atomic E-state index is 4.85. The molecule has 1 aromatic carbocycles. The number of rotatable bonds is 5. The highest BCUT2D eigenvalue weighted by Crippen LogP contribution is 2.29. The Hall–Kier alpha value is -1.09. The highest BCUT2D eigenvalue weighted by Gasteiger charge is 2.09. The Morgan fingerprint density at radius 2 is 2.00 bits per heavy atom. The fraction of sp³-hybridized carbons (Fsp3) is 0.438. The van der Waals surface area contributed by atoms with Crippen LogP contribution in [0, 0.1) is 6.92 Å². The summed E-state index contributed by atoms with van der Waals surface area (Å²) in [5, 5.41) is 4.67. The highest BCUT2D eigenvalue weighted by atomic mass is 79.9. The van der Waals surface area contributed by atoms with Crippen molar-refractivity contribution in [2.75, 3.05) is 11.9 Å². The number of nitrogens with one attached hydrogen (secondary N) is 1. The van der Waals surface area contributed by atoms with Crippen molar-refractivity contribution >= 4 is 32.7 Å². The fourth-order valence-electron chi connectivity index (χ4n) is 2.26. The molecular weight excluding hydrogens is 300 g/mol. The van der Waals surface area contributed by atoms with Gasteiger partial charge in [-0.15, -0.1) is 0 Å². The number of anilines is 1. The van der Waals surface area contributed by atoms with Crippen LogP contribution in [0.2, 0.25) is 0 Å². The number of hydrogen-bond donors (Lipinski definition) is 1. The van der Waals surface area contributed by atoms with Gasteiger partial charge in [0, 0.05) is 16.4 Å². The van der Waals surface area contributed by atoms with E-state index in [0.717, 1.165) is 41.6 Å². The molecule has 1 aromatic heterocycles.